The van der Waals surface area contributed by atoms with Crippen LogP contribution in [0.5, 0.6) is 0 Å². The maximum atomic E-state index is 11.3. The number of nitrogens with one attached hydrogen (secondary N) is 2. The highest BCUT2D eigenvalue weighted by Crippen LogP contribution is 2.25. The predicted octanol–water partition coefficient (Wildman–Crippen LogP) is 0.294. The van der Waals surface area contributed by atoms with Crippen molar-refractivity contribution in [2.45, 2.75) is 11.9 Å². The molecule has 0 unspecified atom stereocenters. The predicted molar refractivity (Wildman–Crippen MR) is 66.9 cm³/mol. The van der Waals surface area contributed by atoms with Gasteiger partial charge in [0.05, 0.1) is 23.9 Å². The van der Waals surface area contributed by atoms with Crippen molar-refractivity contribution in [2.24, 2.45) is 5.84 Å². The fraction of sp³-hybridized carbons (Fsp3) is 0.333. The average Bonchev–Trinajstić information content (AvgIpc) is 2.84. The summed E-state index contributed by atoms with van der Waals surface area (Å²) in [5, 5.41) is 7.96. The van der Waals surface area contributed by atoms with E-state index in [2.05, 4.69) is 25.6 Å². The van der Waals surface area contributed by atoms with Crippen LogP contribution in [0.2, 0.25) is 0 Å². The van der Waals surface area contributed by atoms with E-state index in [9.17, 15) is 4.79 Å². The normalized spacial score (nSPS) is 10.6. The van der Waals surface area contributed by atoms with Gasteiger partial charge in [0.1, 0.15) is 5.03 Å². The number of hydrogen-bond acceptors (Lipinski definition) is 8. The molecule has 0 bridgehead atoms. The number of carbonyl (C=O) groups excluding carboxylic acids is 1. The largest absolute Gasteiger partial charge is 0.465 e. The van der Waals surface area contributed by atoms with Gasteiger partial charge in [-0.25, -0.2) is 10.8 Å². The Hall–Kier alpha value is -1.87. The first-order valence-corrected chi connectivity index (χ1v) is 6.19. The zero-order chi connectivity index (χ0) is 13.0. The lowest BCUT2D eigenvalue weighted by Gasteiger charge is -2.04. The number of thioether (sulfide) groups is 1. The zero-order valence-corrected chi connectivity index (χ0v) is 10.5. The second-order valence-corrected chi connectivity index (χ2v) is 4.19. The Labute approximate surface area is 107 Å². The van der Waals surface area contributed by atoms with Crippen LogP contribution in [-0.2, 0) is 9.53 Å². The standard InChI is InChI=1S/C9H12N6O2S/c1-2-17-6(16)4-18-8-5-3-11-15-7(5)12-9(13-8)14-10/h3H,2,4,10H2,1H3,(H2,11,12,13,14,15). The van der Waals surface area contributed by atoms with Crippen molar-refractivity contribution in [3.8, 4) is 0 Å². The number of aromatic amines is 1. The molecule has 2 rings (SSSR count). The molecule has 0 aliphatic heterocycles. The summed E-state index contributed by atoms with van der Waals surface area (Å²) in [4.78, 5) is 19.5. The van der Waals surface area contributed by atoms with Gasteiger partial charge in [0, 0.05) is 0 Å². The van der Waals surface area contributed by atoms with Crippen LogP contribution in [0.4, 0.5) is 5.95 Å². The minimum Gasteiger partial charge on any atom is -0.465 e. The molecule has 8 nitrogen and oxygen atoms in total. The van der Waals surface area contributed by atoms with Gasteiger partial charge in [-0.3, -0.25) is 15.3 Å². The molecule has 2 aromatic rings. The highest BCUT2D eigenvalue weighted by atomic mass is 32.2. The van der Waals surface area contributed by atoms with E-state index in [0.717, 1.165) is 5.39 Å². The van der Waals surface area contributed by atoms with E-state index in [0.29, 0.717) is 17.3 Å². The average molecular weight is 268 g/mol. The van der Waals surface area contributed by atoms with Crippen LogP contribution in [0.25, 0.3) is 11.0 Å². The number of fused-ring (bicyclic) bond motifs is 1. The number of carbonyl (C=O) groups is 1. The van der Waals surface area contributed by atoms with Crippen molar-refractivity contribution in [2.75, 3.05) is 17.8 Å². The zero-order valence-electron chi connectivity index (χ0n) is 9.64. The van der Waals surface area contributed by atoms with Gasteiger partial charge in [-0.1, -0.05) is 11.8 Å². The second kappa shape index (κ2) is 5.65. The molecule has 0 spiro atoms. The molecular weight excluding hydrogens is 256 g/mol. The molecule has 18 heavy (non-hydrogen) atoms. The molecule has 0 saturated heterocycles. The smallest absolute Gasteiger partial charge is 0.316 e. The number of rotatable bonds is 5. The molecule has 0 aliphatic carbocycles. The van der Waals surface area contributed by atoms with E-state index in [-0.39, 0.29) is 17.7 Å². The van der Waals surface area contributed by atoms with Crippen LogP contribution in [0.1, 0.15) is 6.92 Å². The lowest BCUT2D eigenvalue weighted by Crippen LogP contribution is -2.11. The summed E-state index contributed by atoms with van der Waals surface area (Å²) in [7, 11) is 0. The number of esters is 1. The summed E-state index contributed by atoms with van der Waals surface area (Å²) in [6.45, 7) is 2.12. The van der Waals surface area contributed by atoms with Gasteiger partial charge < -0.3 is 4.74 Å². The van der Waals surface area contributed by atoms with Crippen LogP contribution in [0, 0.1) is 0 Å². The van der Waals surface area contributed by atoms with Gasteiger partial charge in [0.25, 0.3) is 0 Å². The van der Waals surface area contributed by atoms with Gasteiger partial charge >= 0.3 is 5.97 Å². The number of nitrogens with two attached hydrogens (primary N) is 1. The third-order valence-corrected chi connectivity index (χ3v) is 3.00. The van der Waals surface area contributed by atoms with Gasteiger partial charge in [-0.2, -0.15) is 10.1 Å². The van der Waals surface area contributed by atoms with Crippen molar-refractivity contribution in [3.63, 3.8) is 0 Å². The molecule has 4 N–H and O–H groups in total. The summed E-state index contributed by atoms with van der Waals surface area (Å²) in [5.41, 5.74) is 2.92. The Balaban J connectivity index is 2.20. The number of hydrazine groups is 1. The maximum absolute atomic E-state index is 11.3. The third-order valence-electron chi connectivity index (χ3n) is 2.04. The fourth-order valence-electron chi connectivity index (χ4n) is 1.31. The molecule has 2 heterocycles. The van der Waals surface area contributed by atoms with E-state index in [1.807, 2.05) is 0 Å². The number of hydrogen-bond donors (Lipinski definition) is 3. The van der Waals surface area contributed by atoms with Gasteiger partial charge in [0.15, 0.2) is 5.65 Å². The van der Waals surface area contributed by atoms with Crippen molar-refractivity contribution >= 4 is 34.7 Å². The first kappa shape index (κ1) is 12.6. The lowest BCUT2D eigenvalue weighted by molar-refractivity contribution is -0.139. The summed E-state index contributed by atoms with van der Waals surface area (Å²) in [6.07, 6.45) is 1.60. The summed E-state index contributed by atoms with van der Waals surface area (Å²) in [5.74, 6) is 5.42. The van der Waals surface area contributed by atoms with Crippen LogP contribution in [0.3, 0.4) is 0 Å². The van der Waals surface area contributed by atoms with E-state index >= 15 is 0 Å². The number of nitrogen functional groups attached to an aromatic ring is 1. The van der Waals surface area contributed by atoms with E-state index in [4.69, 9.17) is 10.6 Å². The van der Waals surface area contributed by atoms with Crippen LogP contribution in [0.15, 0.2) is 11.2 Å². The SMILES string of the molecule is CCOC(=O)CSc1nc(NN)nc2[nH]ncc12. The quantitative estimate of drug-likeness (QED) is 0.233. The lowest BCUT2D eigenvalue weighted by atomic mass is 10.4. The molecule has 0 atom stereocenters. The number of H-pyrrole nitrogens is 1. The molecular formula is C9H12N6O2S. The van der Waals surface area contributed by atoms with Crippen molar-refractivity contribution in [3.05, 3.63) is 6.20 Å². The molecule has 0 fully saturated rings. The molecule has 0 aliphatic rings. The van der Waals surface area contributed by atoms with Crippen molar-refractivity contribution in [1.82, 2.24) is 20.2 Å². The first-order valence-electron chi connectivity index (χ1n) is 5.20. The molecule has 0 saturated carbocycles. The van der Waals surface area contributed by atoms with Crippen LogP contribution < -0.4 is 11.3 Å². The Bertz CT molecular complexity index is 557. The number of nitrogens with zero attached hydrogens (tertiary/aromatic N) is 3. The van der Waals surface area contributed by atoms with E-state index in [1.165, 1.54) is 11.8 Å². The topological polar surface area (TPSA) is 119 Å². The maximum Gasteiger partial charge on any atom is 0.316 e. The monoisotopic (exact) mass is 268 g/mol. The number of anilines is 1. The van der Waals surface area contributed by atoms with Gasteiger partial charge in [-0.05, 0) is 6.92 Å². The Morgan fingerprint density at radius 2 is 2.44 bits per heavy atom. The molecule has 0 aromatic carbocycles. The Morgan fingerprint density at radius 3 is 3.17 bits per heavy atom. The van der Waals surface area contributed by atoms with Crippen molar-refractivity contribution < 1.29 is 9.53 Å². The number of ether oxygens (including phenoxy) is 1. The Morgan fingerprint density at radius 1 is 1.61 bits per heavy atom. The summed E-state index contributed by atoms with van der Waals surface area (Å²) < 4.78 is 4.85. The molecule has 9 heteroatoms. The third kappa shape index (κ3) is 2.68. The molecule has 0 amide bonds. The Kier molecular flexibility index (Phi) is 3.95. The summed E-state index contributed by atoms with van der Waals surface area (Å²) in [6, 6.07) is 0. The van der Waals surface area contributed by atoms with E-state index in [1.54, 1.807) is 13.1 Å². The molecule has 2 aromatic heterocycles. The van der Waals surface area contributed by atoms with Crippen molar-refractivity contribution in [1.29, 1.82) is 0 Å². The molecule has 96 valence electrons. The van der Waals surface area contributed by atoms with Crippen LogP contribution >= 0.6 is 11.8 Å². The van der Waals surface area contributed by atoms with Crippen LogP contribution in [-0.4, -0.2) is 38.5 Å². The first-order chi connectivity index (χ1) is 8.74. The van der Waals surface area contributed by atoms with E-state index < -0.39 is 0 Å². The number of aromatic nitrogens is 4. The summed E-state index contributed by atoms with van der Waals surface area (Å²) >= 11 is 1.25. The van der Waals surface area contributed by atoms with Gasteiger partial charge in [0.2, 0.25) is 5.95 Å². The second-order valence-electron chi connectivity index (χ2n) is 3.22. The highest BCUT2D eigenvalue weighted by molar-refractivity contribution is 8.00. The highest BCUT2D eigenvalue weighted by Gasteiger charge is 2.11. The molecule has 0 radical (unpaired) electrons. The minimum absolute atomic E-state index is 0.176. The van der Waals surface area contributed by atoms with Gasteiger partial charge in [-0.15, -0.1) is 0 Å². The minimum atomic E-state index is -0.292. The fourth-order valence-corrected chi connectivity index (χ4v) is 2.11.